The summed E-state index contributed by atoms with van der Waals surface area (Å²) in [6.07, 6.45) is 4.33. The van der Waals surface area contributed by atoms with E-state index in [1.54, 1.807) is 0 Å². The average molecular weight is 482 g/mol. The number of fused-ring (bicyclic) bond motifs is 3. The molecule has 4 heterocycles. The number of nitrogens with zero attached hydrogens (tertiary/aromatic N) is 6. The highest BCUT2D eigenvalue weighted by atomic mass is 16.5. The maximum atomic E-state index is 5.55. The molecule has 5 aromatic rings. The molecule has 0 aliphatic carbocycles. The van der Waals surface area contributed by atoms with Gasteiger partial charge in [0.2, 0.25) is 5.95 Å². The highest BCUT2D eigenvalue weighted by Crippen LogP contribution is 2.26. The molecular weight excluding hydrogens is 450 g/mol. The van der Waals surface area contributed by atoms with E-state index in [0.29, 0.717) is 19.6 Å². The molecule has 2 aromatic carbocycles. The van der Waals surface area contributed by atoms with Crippen LogP contribution in [0.1, 0.15) is 35.0 Å². The van der Waals surface area contributed by atoms with Crippen molar-refractivity contribution < 1.29 is 4.74 Å². The normalized spacial score (nSPS) is 14.2. The molecule has 0 saturated carbocycles. The van der Waals surface area contributed by atoms with E-state index in [0.717, 1.165) is 66.8 Å². The number of hydrogen-bond acceptors (Lipinski definition) is 6. The Bertz CT molecular complexity index is 1510. The molecule has 0 amide bonds. The molecule has 8 heteroatoms. The number of H-pyrrole nitrogens is 1. The van der Waals surface area contributed by atoms with Crippen LogP contribution in [0.25, 0.3) is 21.8 Å². The minimum atomic E-state index is 0.669. The number of hydrogen-bond donors (Lipinski definition) is 1. The van der Waals surface area contributed by atoms with E-state index in [2.05, 4.69) is 68.8 Å². The van der Waals surface area contributed by atoms with Crippen molar-refractivity contribution in [2.45, 2.75) is 39.7 Å². The van der Waals surface area contributed by atoms with Gasteiger partial charge >= 0.3 is 0 Å². The summed E-state index contributed by atoms with van der Waals surface area (Å²) in [5.74, 6) is 2.43. The van der Waals surface area contributed by atoms with Crippen molar-refractivity contribution >= 4 is 27.8 Å². The number of imidazole rings is 1. The van der Waals surface area contributed by atoms with Crippen molar-refractivity contribution in [1.82, 2.24) is 29.5 Å². The van der Waals surface area contributed by atoms with Gasteiger partial charge in [0.05, 0.1) is 25.2 Å². The van der Waals surface area contributed by atoms with Gasteiger partial charge in [-0.3, -0.25) is 0 Å². The van der Waals surface area contributed by atoms with Crippen LogP contribution in [0.4, 0.5) is 5.95 Å². The Morgan fingerprint density at radius 1 is 0.917 bits per heavy atom. The molecule has 0 atom stereocenters. The summed E-state index contributed by atoms with van der Waals surface area (Å²) in [4.78, 5) is 24.8. The van der Waals surface area contributed by atoms with Crippen molar-refractivity contribution in [3.05, 3.63) is 77.4 Å². The highest BCUT2D eigenvalue weighted by Gasteiger charge is 2.17. The Morgan fingerprint density at radius 3 is 2.56 bits per heavy atom. The molecule has 0 unspecified atom stereocenters. The van der Waals surface area contributed by atoms with Gasteiger partial charge in [0.1, 0.15) is 11.6 Å². The number of morpholine rings is 1. The third-order valence-electron chi connectivity index (χ3n) is 7.09. The second-order valence-electron chi connectivity index (χ2n) is 9.51. The molecule has 8 nitrogen and oxygen atoms in total. The monoisotopic (exact) mass is 481 g/mol. The number of aromatic nitrogens is 6. The second-order valence-corrected chi connectivity index (χ2v) is 9.51. The number of anilines is 1. The first-order chi connectivity index (χ1) is 17.6. The van der Waals surface area contributed by atoms with E-state index in [1.165, 1.54) is 22.0 Å². The van der Waals surface area contributed by atoms with Crippen LogP contribution in [0.5, 0.6) is 0 Å². The fourth-order valence-electron chi connectivity index (χ4n) is 4.92. The van der Waals surface area contributed by atoms with Crippen molar-refractivity contribution in [2.75, 3.05) is 31.2 Å². The predicted molar refractivity (Wildman–Crippen MR) is 141 cm³/mol. The second kappa shape index (κ2) is 9.70. The van der Waals surface area contributed by atoms with Crippen molar-refractivity contribution in [2.24, 2.45) is 0 Å². The molecule has 3 aromatic heterocycles. The van der Waals surface area contributed by atoms with Gasteiger partial charge in [0.15, 0.2) is 0 Å². The first kappa shape index (κ1) is 22.7. The molecule has 184 valence electrons. The third-order valence-corrected chi connectivity index (χ3v) is 7.09. The number of ether oxygens (including phenoxy) is 1. The standard InChI is InChI=1S/C28H31N7O/c1-19-20(2)35(18-29-19)11-5-8-26-31-27(33-28(32-26)34-12-14-36-15-13-34)17-21-9-10-25-23(16-21)22-6-3-4-7-24(22)30-25/h3-4,6-7,9-10,16,18,30H,5,8,11-15,17H2,1-2H3. The lowest BCUT2D eigenvalue weighted by atomic mass is 10.1. The first-order valence-electron chi connectivity index (χ1n) is 12.7. The smallest absolute Gasteiger partial charge is 0.229 e. The van der Waals surface area contributed by atoms with E-state index in [4.69, 9.17) is 19.7 Å². The molecule has 0 bridgehead atoms. The molecule has 1 aliphatic rings. The van der Waals surface area contributed by atoms with E-state index >= 15 is 0 Å². The lowest BCUT2D eigenvalue weighted by Gasteiger charge is -2.27. The third kappa shape index (κ3) is 4.56. The highest BCUT2D eigenvalue weighted by molar-refractivity contribution is 6.07. The molecule has 1 saturated heterocycles. The molecule has 1 N–H and O–H groups in total. The van der Waals surface area contributed by atoms with E-state index < -0.39 is 0 Å². The Kier molecular flexibility index (Phi) is 6.11. The van der Waals surface area contributed by atoms with Gasteiger partial charge in [-0.15, -0.1) is 0 Å². The quantitative estimate of drug-likeness (QED) is 0.371. The van der Waals surface area contributed by atoms with Gasteiger partial charge < -0.3 is 19.2 Å². The molecule has 6 rings (SSSR count). The van der Waals surface area contributed by atoms with Crippen LogP contribution in [0.3, 0.4) is 0 Å². The minimum Gasteiger partial charge on any atom is -0.378 e. The number of para-hydroxylation sites is 1. The SMILES string of the molecule is Cc1ncn(CCCc2nc(Cc3ccc4[nH]c5ccccc5c4c3)nc(N3CCOCC3)n2)c1C. The van der Waals surface area contributed by atoms with Crippen LogP contribution in [0, 0.1) is 13.8 Å². The zero-order valence-electron chi connectivity index (χ0n) is 20.9. The van der Waals surface area contributed by atoms with Gasteiger partial charge in [0.25, 0.3) is 0 Å². The minimum absolute atomic E-state index is 0.669. The lowest BCUT2D eigenvalue weighted by Crippen LogP contribution is -2.37. The number of rotatable bonds is 7. The van der Waals surface area contributed by atoms with E-state index in [9.17, 15) is 0 Å². The van der Waals surface area contributed by atoms with Crippen molar-refractivity contribution in [3.8, 4) is 0 Å². The van der Waals surface area contributed by atoms with E-state index in [1.807, 2.05) is 13.3 Å². The van der Waals surface area contributed by atoms with Crippen LogP contribution in [-0.4, -0.2) is 55.8 Å². The topological polar surface area (TPSA) is 84.8 Å². The zero-order chi connectivity index (χ0) is 24.5. The number of nitrogens with one attached hydrogen (secondary N) is 1. The van der Waals surface area contributed by atoms with Crippen LogP contribution >= 0.6 is 0 Å². The van der Waals surface area contributed by atoms with Crippen molar-refractivity contribution in [3.63, 3.8) is 0 Å². The Morgan fingerprint density at radius 2 is 1.72 bits per heavy atom. The molecule has 36 heavy (non-hydrogen) atoms. The van der Waals surface area contributed by atoms with Crippen LogP contribution < -0.4 is 4.90 Å². The summed E-state index contributed by atoms with van der Waals surface area (Å²) in [6.45, 7) is 8.07. The Balaban J connectivity index is 1.27. The molecule has 0 spiro atoms. The van der Waals surface area contributed by atoms with E-state index in [-0.39, 0.29) is 0 Å². The largest absolute Gasteiger partial charge is 0.378 e. The maximum Gasteiger partial charge on any atom is 0.229 e. The number of benzene rings is 2. The van der Waals surface area contributed by atoms with Gasteiger partial charge in [-0.2, -0.15) is 9.97 Å². The summed E-state index contributed by atoms with van der Waals surface area (Å²) < 4.78 is 7.75. The number of aryl methyl sites for hydroxylation is 3. The number of aromatic amines is 1. The maximum absolute atomic E-state index is 5.55. The summed E-state index contributed by atoms with van der Waals surface area (Å²) in [7, 11) is 0. The lowest BCUT2D eigenvalue weighted by molar-refractivity contribution is 0.122. The summed E-state index contributed by atoms with van der Waals surface area (Å²) >= 11 is 0. The summed E-state index contributed by atoms with van der Waals surface area (Å²) in [5.41, 5.74) is 5.80. The van der Waals surface area contributed by atoms with Crippen molar-refractivity contribution in [1.29, 1.82) is 0 Å². The van der Waals surface area contributed by atoms with Gasteiger partial charge in [-0.25, -0.2) is 9.97 Å². The zero-order valence-corrected chi connectivity index (χ0v) is 20.9. The van der Waals surface area contributed by atoms with Crippen LogP contribution in [0.15, 0.2) is 48.8 Å². The first-order valence-corrected chi connectivity index (χ1v) is 12.7. The predicted octanol–water partition coefficient (Wildman–Crippen LogP) is 4.38. The van der Waals surface area contributed by atoms with Gasteiger partial charge in [-0.1, -0.05) is 24.3 Å². The summed E-state index contributed by atoms with van der Waals surface area (Å²) in [6, 6.07) is 15.0. The summed E-state index contributed by atoms with van der Waals surface area (Å²) in [5, 5.41) is 2.47. The average Bonchev–Trinajstić information content (AvgIpc) is 3.44. The molecule has 0 radical (unpaired) electrons. The molecule has 1 aliphatic heterocycles. The fourth-order valence-corrected chi connectivity index (χ4v) is 4.92. The van der Waals surface area contributed by atoms with Crippen LogP contribution in [-0.2, 0) is 24.1 Å². The Labute approximate surface area is 210 Å². The fraction of sp³-hybridized carbons (Fsp3) is 0.357. The van der Waals surface area contributed by atoms with Gasteiger partial charge in [0, 0.05) is 60.0 Å². The molecule has 1 fully saturated rings. The van der Waals surface area contributed by atoms with Crippen LogP contribution in [0.2, 0.25) is 0 Å². The Hall–Kier alpha value is -3.78. The van der Waals surface area contributed by atoms with Gasteiger partial charge in [-0.05, 0) is 44.0 Å². The molecular formula is C28H31N7O.